The fourth-order valence-electron chi connectivity index (χ4n) is 7.49. The Morgan fingerprint density at radius 3 is 2.62 bits per heavy atom. The number of hydrogen-bond donors (Lipinski definition) is 4. The highest BCUT2D eigenvalue weighted by atomic mass is 32.1. The summed E-state index contributed by atoms with van der Waals surface area (Å²) in [6, 6.07) is 5.24. The average Bonchev–Trinajstić information content (AvgIpc) is 3.64. The molecular formula is C38H44N8O9S. The van der Waals surface area contributed by atoms with Crippen LogP contribution in [0.25, 0.3) is 21.7 Å². The van der Waals surface area contributed by atoms with E-state index in [1.807, 2.05) is 29.7 Å². The maximum Gasteiger partial charge on any atom is 0.426 e. The molecule has 2 aliphatic carbocycles. The number of amides is 5. The zero-order chi connectivity index (χ0) is 38.6. The van der Waals surface area contributed by atoms with Crippen molar-refractivity contribution < 1.29 is 42.9 Å². The third-order valence-corrected chi connectivity index (χ3v) is 11.8. The van der Waals surface area contributed by atoms with Gasteiger partial charge in [0.25, 0.3) is 5.91 Å². The van der Waals surface area contributed by atoms with Crippen molar-refractivity contribution in [2.24, 2.45) is 5.92 Å². The van der Waals surface area contributed by atoms with E-state index in [4.69, 9.17) is 23.9 Å². The van der Waals surface area contributed by atoms with Gasteiger partial charge in [-0.25, -0.2) is 20.0 Å². The summed E-state index contributed by atoms with van der Waals surface area (Å²) in [7, 11) is 0. The number of hydrogen-bond acceptors (Lipinski definition) is 13. The number of carbonyl (C=O) groups is 5. The topological polar surface area (TPSA) is 212 Å². The van der Waals surface area contributed by atoms with Crippen LogP contribution in [-0.2, 0) is 28.6 Å². The molecule has 2 saturated carbocycles. The summed E-state index contributed by atoms with van der Waals surface area (Å²) in [5, 5.41) is 7.61. The van der Waals surface area contributed by atoms with Crippen LogP contribution in [0.4, 0.5) is 9.59 Å². The van der Waals surface area contributed by atoms with Gasteiger partial charge in [-0.2, -0.15) is 4.98 Å². The summed E-state index contributed by atoms with van der Waals surface area (Å²) >= 11 is 1.40. The Morgan fingerprint density at radius 1 is 0.964 bits per heavy atom. The van der Waals surface area contributed by atoms with Crippen LogP contribution in [0.1, 0.15) is 64.2 Å². The number of rotatable bonds is 7. The van der Waals surface area contributed by atoms with E-state index in [1.165, 1.54) is 16.2 Å². The molecular weight excluding hydrogens is 745 g/mol. The number of allylic oxidation sites excluding steroid dienone is 1. The van der Waals surface area contributed by atoms with Crippen LogP contribution < -0.4 is 26.2 Å². The number of alkyl carbamates (subject to hydrolysis) is 1. The smallest absolute Gasteiger partial charge is 0.426 e. The highest BCUT2D eigenvalue weighted by molar-refractivity contribution is 7.17. The summed E-state index contributed by atoms with van der Waals surface area (Å²) in [4.78, 5) is 83.3. The second-order valence-electron chi connectivity index (χ2n) is 14.8. The molecule has 2 saturated heterocycles. The first kappa shape index (κ1) is 37.6. The van der Waals surface area contributed by atoms with Gasteiger partial charge in [-0.3, -0.25) is 24.8 Å². The minimum absolute atomic E-state index is 0.00334. The number of pyridine rings is 1. The van der Waals surface area contributed by atoms with Gasteiger partial charge in [0.15, 0.2) is 5.82 Å². The monoisotopic (exact) mass is 788 g/mol. The SMILES string of the molecule is O=C(N[C@H]1CCCC/C=C\[C@@H]2C[C@@]2(C(=O)NNC(=O)O[C@H]2CCOC2)NC(=O)[C@@H]2C[C@@H](Oc3nc(-c4ccccn4)nc4ccsc34)CN2C1=O)OC1CCC1. The van der Waals surface area contributed by atoms with Crippen LogP contribution in [-0.4, -0.2) is 105 Å². The molecule has 0 aromatic carbocycles. The van der Waals surface area contributed by atoms with Gasteiger partial charge in [0.1, 0.15) is 46.3 Å². The number of nitrogens with one attached hydrogen (secondary N) is 4. The Labute approximate surface area is 326 Å². The van der Waals surface area contributed by atoms with E-state index < -0.39 is 59.7 Å². The molecule has 5 amide bonds. The molecule has 3 aromatic heterocycles. The van der Waals surface area contributed by atoms with E-state index in [1.54, 1.807) is 18.3 Å². The molecule has 296 valence electrons. The highest BCUT2D eigenvalue weighted by Crippen LogP contribution is 2.45. The third-order valence-electron chi connectivity index (χ3n) is 10.9. The van der Waals surface area contributed by atoms with Crippen LogP contribution in [0.5, 0.6) is 5.88 Å². The molecule has 5 aliphatic rings. The van der Waals surface area contributed by atoms with E-state index in [0.29, 0.717) is 66.3 Å². The molecule has 6 atom stereocenters. The van der Waals surface area contributed by atoms with Gasteiger partial charge >= 0.3 is 12.2 Å². The Morgan fingerprint density at radius 2 is 1.84 bits per heavy atom. The number of hydrazine groups is 1. The second kappa shape index (κ2) is 16.4. The molecule has 56 heavy (non-hydrogen) atoms. The predicted octanol–water partition coefficient (Wildman–Crippen LogP) is 3.30. The Kier molecular flexibility index (Phi) is 11.0. The molecule has 4 fully saturated rings. The Bertz CT molecular complexity index is 1990. The molecule has 0 radical (unpaired) electrons. The van der Waals surface area contributed by atoms with Crippen molar-refractivity contribution in [2.75, 3.05) is 19.8 Å². The average molecular weight is 789 g/mol. The van der Waals surface area contributed by atoms with Gasteiger partial charge in [0, 0.05) is 25.0 Å². The number of ether oxygens (including phenoxy) is 4. The molecule has 18 heteroatoms. The molecule has 17 nitrogen and oxygen atoms in total. The number of fused-ring (bicyclic) bond motifs is 3. The van der Waals surface area contributed by atoms with E-state index in [2.05, 4.69) is 31.5 Å². The minimum atomic E-state index is -1.40. The van der Waals surface area contributed by atoms with Gasteiger partial charge < -0.3 is 34.5 Å². The summed E-state index contributed by atoms with van der Waals surface area (Å²) in [6.07, 6.45) is 8.42. The van der Waals surface area contributed by atoms with E-state index in [0.717, 1.165) is 19.3 Å². The number of aromatic nitrogens is 3. The highest BCUT2D eigenvalue weighted by Gasteiger charge is 2.61. The lowest BCUT2D eigenvalue weighted by atomic mass is 9.96. The van der Waals surface area contributed by atoms with Crippen molar-refractivity contribution in [2.45, 2.75) is 100 Å². The molecule has 0 spiro atoms. The van der Waals surface area contributed by atoms with Gasteiger partial charge in [-0.1, -0.05) is 24.6 Å². The molecule has 6 heterocycles. The quantitative estimate of drug-likeness (QED) is 0.201. The fraction of sp³-hybridized carbons (Fsp3) is 0.526. The van der Waals surface area contributed by atoms with Crippen LogP contribution in [0.2, 0.25) is 0 Å². The molecule has 3 aromatic rings. The minimum Gasteiger partial charge on any atom is -0.471 e. The van der Waals surface area contributed by atoms with Crippen molar-refractivity contribution in [1.82, 2.24) is 41.3 Å². The maximum absolute atomic E-state index is 14.5. The van der Waals surface area contributed by atoms with Crippen LogP contribution >= 0.6 is 11.3 Å². The Hall–Kier alpha value is -5.36. The summed E-state index contributed by atoms with van der Waals surface area (Å²) in [5.41, 5.74) is 4.54. The van der Waals surface area contributed by atoms with E-state index in [9.17, 15) is 24.0 Å². The van der Waals surface area contributed by atoms with Crippen molar-refractivity contribution in [3.63, 3.8) is 0 Å². The van der Waals surface area contributed by atoms with Crippen molar-refractivity contribution in [3.05, 3.63) is 48.0 Å². The first-order valence-electron chi connectivity index (χ1n) is 19.2. The van der Waals surface area contributed by atoms with Crippen LogP contribution in [0, 0.1) is 5.92 Å². The van der Waals surface area contributed by atoms with Gasteiger partial charge in [0.05, 0.1) is 25.3 Å². The number of nitrogens with zero attached hydrogens (tertiary/aromatic N) is 4. The maximum atomic E-state index is 14.5. The number of thiophene rings is 1. The van der Waals surface area contributed by atoms with Crippen LogP contribution in [0.15, 0.2) is 48.0 Å². The first-order chi connectivity index (χ1) is 27.3. The molecule has 3 aliphatic heterocycles. The predicted molar refractivity (Wildman–Crippen MR) is 200 cm³/mol. The lowest BCUT2D eigenvalue weighted by molar-refractivity contribution is -0.141. The molecule has 0 unspecified atom stereocenters. The summed E-state index contributed by atoms with van der Waals surface area (Å²) < 4.78 is 23.3. The number of carbonyl (C=O) groups excluding carboxylic acids is 5. The molecule has 0 bridgehead atoms. The summed E-state index contributed by atoms with van der Waals surface area (Å²) in [5.74, 6) is -1.37. The van der Waals surface area contributed by atoms with Crippen molar-refractivity contribution in [3.8, 4) is 17.4 Å². The Balaban J connectivity index is 1.05. The van der Waals surface area contributed by atoms with Gasteiger partial charge in [0.2, 0.25) is 17.7 Å². The van der Waals surface area contributed by atoms with Crippen molar-refractivity contribution in [1.29, 1.82) is 0 Å². The standard InChI is InChI=1S/C38H44N8O9S/c47-32-29-18-25(53-33-30-26(14-17-56-30)40-31(42-33)27-11-5-6-15-39-27)20-46(29)34(48)28(41-36(50)54-23-9-7-10-23)12-4-2-1-3-8-22-19-38(22,43-32)35(49)44-45-37(51)55-24-13-16-52-21-24/h3,5-6,8,11,14-15,17,22-25,28-29H,1-2,4,7,9-10,12-13,16,18-21H2,(H,41,50)(H,43,47)(H,44,49)(H,45,51)/b8-3-/t22-,24+,25-,28+,29+,38-/m1/s1. The zero-order valence-electron chi connectivity index (χ0n) is 30.6. The van der Waals surface area contributed by atoms with E-state index >= 15 is 0 Å². The lowest BCUT2D eigenvalue weighted by Gasteiger charge is -2.31. The third kappa shape index (κ3) is 8.26. The molecule has 8 rings (SSSR count). The van der Waals surface area contributed by atoms with Crippen molar-refractivity contribution >= 4 is 51.5 Å². The normalized spacial score (nSPS) is 28.4. The fourth-order valence-corrected chi connectivity index (χ4v) is 8.26. The second-order valence-corrected chi connectivity index (χ2v) is 15.7. The van der Waals surface area contributed by atoms with Gasteiger partial charge in [-0.05, 0) is 68.5 Å². The lowest BCUT2D eigenvalue weighted by Crippen LogP contribution is -2.59. The van der Waals surface area contributed by atoms with Gasteiger partial charge in [-0.15, -0.1) is 11.3 Å². The summed E-state index contributed by atoms with van der Waals surface area (Å²) in [6.45, 7) is 0.753. The first-order valence-corrected chi connectivity index (χ1v) is 20.1. The van der Waals surface area contributed by atoms with Crippen LogP contribution in [0.3, 0.4) is 0 Å². The largest absolute Gasteiger partial charge is 0.471 e. The van der Waals surface area contributed by atoms with E-state index in [-0.39, 0.29) is 38.0 Å². The molecule has 4 N–H and O–H groups in total. The zero-order valence-corrected chi connectivity index (χ0v) is 31.5.